The van der Waals surface area contributed by atoms with E-state index >= 15 is 0 Å². The zero-order valence-corrected chi connectivity index (χ0v) is 18.5. The zero-order valence-electron chi connectivity index (χ0n) is 17.7. The predicted molar refractivity (Wildman–Crippen MR) is 110 cm³/mol. The maximum atomic E-state index is 13.1. The van der Waals surface area contributed by atoms with Crippen LogP contribution in [-0.4, -0.2) is 75.3 Å². The van der Waals surface area contributed by atoms with Crippen molar-refractivity contribution in [3.63, 3.8) is 0 Å². The lowest BCUT2D eigenvalue weighted by atomic mass is 9.94. The van der Waals surface area contributed by atoms with Crippen molar-refractivity contribution in [2.75, 3.05) is 52.4 Å². The minimum Gasteiger partial charge on any atom is -0.356 e. The standard InChI is InChI=1S/C20H38N4O3S/c1-17-13-18(2)15-24(14-17)28(26,27)23-12-5-7-19(16-23)20(25)21-8-6-11-22-9-3-4-10-22/h17-19H,3-16H2,1-2H3,(H,21,25)/p+1/t17-,18-,19+/m1/s1. The van der Waals surface area contributed by atoms with E-state index in [1.165, 1.54) is 25.9 Å². The number of hydrogen-bond donors (Lipinski definition) is 2. The first-order valence-electron chi connectivity index (χ1n) is 11.2. The summed E-state index contributed by atoms with van der Waals surface area (Å²) in [7, 11) is -3.47. The molecule has 0 radical (unpaired) electrons. The second-order valence-corrected chi connectivity index (χ2v) is 11.2. The van der Waals surface area contributed by atoms with Crippen LogP contribution < -0.4 is 10.2 Å². The van der Waals surface area contributed by atoms with E-state index in [-0.39, 0.29) is 11.8 Å². The molecule has 3 fully saturated rings. The Morgan fingerprint density at radius 3 is 2.39 bits per heavy atom. The van der Waals surface area contributed by atoms with Gasteiger partial charge in [-0.3, -0.25) is 4.79 Å². The van der Waals surface area contributed by atoms with Crippen molar-refractivity contribution in [1.82, 2.24) is 13.9 Å². The number of nitrogens with one attached hydrogen (secondary N) is 2. The Morgan fingerprint density at radius 2 is 1.71 bits per heavy atom. The van der Waals surface area contributed by atoms with E-state index in [9.17, 15) is 13.2 Å². The summed E-state index contributed by atoms with van der Waals surface area (Å²) in [6.45, 7) is 10.6. The molecule has 0 bridgehead atoms. The van der Waals surface area contributed by atoms with Gasteiger partial charge in [0.2, 0.25) is 5.91 Å². The quantitative estimate of drug-likeness (QED) is 0.580. The number of amides is 1. The van der Waals surface area contributed by atoms with E-state index in [0.29, 0.717) is 44.6 Å². The Hall–Kier alpha value is -0.700. The van der Waals surface area contributed by atoms with Crippen molar-refractivity contribution >= 4 is 16.1 Å². The van der Waals surface area contributed by atoms with Gasteiger partial charge >= 0.3 is 0 Å². The first kappa shape index (κ1) is 22.0. The smallest absolute Gasteiger partial charge is 0.282 e. The third-order valence-electron chi connectivity index (χ3n) is 6.56. The average Bonchev–Trinajstić information content (AvgIpc) is 3.18. The maximum absolute atomic E-state index is 13.1. The third-order valence-corrected chi connectivity index (χ3v) is 8.49. The third kappa shape index (κ3) is 5.68. The van der Waals surface area contributed by atoms with E-state index in [2.05, 4.69) is 19.2 Å². The summed E-state index contributed by atoms with van der Waals surface area (Å²) in [6, 6.07) is 0. The normalized spacial score (nSPS) is 31.1. The molecule has 0 unspecified atom stereocenters. The van der Waals surface area contributed by atoms with Crippen LogP contribution in [-0.2, 0) is 15.0 Å². The van der Waals surface area contributed by atoms with Crippen LogP contribution in [0, 0.1) is 17.8 Å². The number of hydrogen-bond acceptors (Lipinski definition) is 3. The number of rotatable bonds is 7. The number of likely N-dealkylation sites (tertiary alicyclic amines) is 1. The molecule has 0 aromatic rings. The highest BCUT2D eigenvalue weighted by atomic mass is 32.2. The minimum absolute atomic E-state index is 0.0247. The van der Waals surface area contributed by atoms with Crippen LogP contribution in [0.4, 0.5) is 0 Å². The fourth-order valence-corrected chi connectivity index (χ4v) is 7.08. The molecule has 28 heavy (non-hydrogen) atoms. The molecule has 0 spiro atoms. The van der Waals surface area contributed by atoms with Crippen LogP contribution in [0.15, 0.2) is 0 Å². The van der Waals surface area contributed by atoms with Gasteiger partial charge in [0.1, 0.15) is 0 Å². The lowest BCUT2D eigenvalue weighted by molar-refractivity contribution is -0.887. The van der Waals surface area contributed by atoms with Gasteiger partial charge in [-0.2, -0.15) is 17.0 Å². The number of carbonyl (C=O) groups is 1. The Morgan fingerprint density at radius 1 is 1.04 bits per heavy atom. The second-order valence-electron chi connectivity index (χ2n) is 9.32. The first-order chi connectivity index (χ1) is 13.4. The molecule has 3 rings (SSSR count). The van der Waals surface area contributed by atoms with E-state index < -0.39 is 10.2 Å². The van der Waals surface area contributed by atoms with E-state index in [1.54, 1.807) is 13.5 Å². The first-order valence-corrected chi connectivity index (χ1v) is 12.6. The molecule has 3 atom stereocenters. The highest BCUT2D eigenvalue weighted by Crippen LogP contribution is 2.27. The average molecular weight is 416 g/mol. The molecule has 3 saturated heterocycles. The van der Waals surface area contributed by atoms with Gasteiger partial charge in [0, 0.05) is 52.0 Å². The van der Waals surface area contributed by atoms with Crippen molar-refractivity contribution in [3.05, 3.63) is 0 Å². The van der Waals surface area contributed by atoms with E-state index in [1.807, 2.05) is 0 Å². The summed E-state index contributed by atoms with van der Waals surface area (Å²) in [5, 5.41) is 3.05. The SMILES string of the molecule is C[C@@H]1C[C@@H](C)CN(S(=O)(=O)N2CCC[C@H](C(=O)NCCC[NH+]3CCCC3)C2)C1. The number of nitrogens with zero attached hydrogens (tertiary/aromatic N) is 2. The molecule has 2 N–H and O–H groups in total. The van der Waals surface area contributed by atoms with Crippen molar-refractivity contribution < 1.29 is 18.1 Å². The maximum Gasteiger partial charge on any atom is 0.282 e. The van der Waals surface area contributed by atoms with Crippen molar-refractivity contribution in [1.29, 1.82) is 0 Å². The Bertz CT molecular complexity index is 611. The van der Waals surface area contributed by atoms with Gasteiger partial charge in [0.25, 0.3) is 10.2 Å². The molecular formula is C20H39N4O3S+. The zero-order chi connectivity index (χ0) is 20.1. The summed E-state index contributed by atoms with van der Waals surface area (Å²) < 4.78 is 29.4. The molecule has 0 aliphatic carbocycles. The van der Waals surface area contributed by atoms with Gasteiger partial charge in [-0.15, -0.1) is 0 Å². The molecule has 8 heteroatoms. The van der Waals surface area contributed by atoms with Gasteiger partial charge in [-0.1, -0.05) is 13.8 Å². The molecule has 3 aliphatic heterocycles. The highest BCUT2D eigenvalue weighted by molar-refractivity contribution is 7.86. The lowest BCUT2D eigenvalue weighted by Gasteiger charge is -2.39. The molecule has 7 nitrogen and oxygen atoms in total. The summed E-state index contributed by atoms with van der Waals surface area (Å²) >= 11 is 0. The summed E-state index contributed by atoms with van der Waals surface area (Å²) in [5.74, 6) is 0.583. The van der Waals surface area contributed by atoms with E-state index in [4.69, 9.17) is 0 Å². The van der Waals surface area contributed by atoms with Crippen molar-refractivity contribution in [2.45, 2.75) is 52.4 Å². The molecular weight excluding hydrogens is 376 g/mol. The molecule has 1 amide bonds. The Balaban J connectivity index is 1.47. The molecule has 3 aliphatic rings. The number of piperidine rings is 2. The number of quaternary nitrogens is 1. The minimum atomic E-state index is -3.47. The molecule has 0 aromatic carbocycles. The largest absolute Gasteiger partial charge is 0.356 e. The van der Waals surface area contributed by atoms with Gasteiger partial charge in [-0.05, 0) is 31.1 Å². The van der Waals surface area contributed by atoms with Gasteiger partial charge < -0.3 is 10.2 Å². The van der Waals surface area contributed by atoms with Crippen LogP contribution in [0.2, 0.25) is 0 Å². The van der Waals surface area contributed by atoms with Crippen LogP contribution >= 0.6 is 0 Å². The summed E-state index contributed by atoms with van der Waals surface area (Å²) in [4.78, 5) is 14.2. The number of carbonyl (C=O) groups excluding carboxylic acids is 1. The summed E-state index contributed by atoms with van der Waals surface area (Å²) in [5.41, 5.74) is 0. The molecule has 3 heterocycles. The fourth-order valence-electron chi connectivity index (χ4n) is 5.14. The van der Waals surface area contributed by atoms with Crippen molar-refractivity contribution in [3.8, 4) is 0 Å². The molecule has 162 valence electrons. The lowest BCUT2D eigenvalue weighted by Crippen LogP contribution is -3.10. The van der Waals surface area contributed by atoms with Gasteiger partial charge in [0.05, 0.1) is 25.6 Å². The van der Waals surface area contributed by atoms with Crippen LogP contribution in [0.25, 0.3) is 0 Å². The Kier molecular flexibility index (Phi) is 7.75. The van der Waals surface area contributed by atoms with Crippen LogP contribution in [0.5, 0.6) is 0 Å². The fraction of sp³-hybridized carbons (Fsp3) is 0.950. The van der Waals surface area contributed by atoms with E-state index in [0.717, 1.165) is 32.2 Å². The van der Waals surface area contributed by atoms with Crippen LogP contribution in [0.1, 0.15) is 52.4 Å². The van der Waals surface area contributed by atoms with Gasteiger partial charge in [0.15, 0.2) is 0 Å². The molecule has 0 saturated carbocycles. The second kappa shape index (κ2) is 9.87. The Labute approximate surface area is 171 Å². The highest BCUT2D eigenvalue weighted by Gasteiger charge is 2.38. The topological polar surface area (TPSA) is 74.2 Å². The van der Waals surface area contributed by atoms with Crippen LogP contribution in [0.3, 0.4) is 0 Å². The van der Waals surface area contributed by atoms with Crippen molar-refractivity contribution in [2.24, 2.45) is 17.8 Å². The van der Waals surface area contributed by atoms with Gasteiger partial charge in [-0.25, -0.2) is 0 Å². The summed E-state index contributed by atoms with van der Waals surface area (Å²) in [6.07, 6.45) is 6.26. The monoisotopic (exact) mass is 415 g/mol. The molecule has 0 aromatic heterocycles. The predicted octanol–water partition coefficient (Wildman–Crippen LogP) is 0.106.